The highest BCUT2D eigenvalue weighted by atomic mass is 16.3. The van der Waals surface area contributed by atoms with Crippen LogP contribution in [0.25, 0.3) is 11.2 Å². The van der Waals surface area contributed by atoms with E-state index >= 15 is 0 Å². The predicted molar refractivity (Wildman–Crippen MR) is 115 cm³/mol. The van der Waals surface area contributed by atoms with Gasteiger partial charge in [0.25, 0.3) is 5.56 Å². The first kappa shape index (κ1) is 20.4. The molecule has 31 heavy (non-hydrogen) atoms. The van der Waals surface area contributed by atoms with Crippen LogP contribution in [0.3, 0.4) is 0 Å². The van der Waals surface area contributed by atoms with Gasteiger partial charge in [-0.1, -0.05) is 30.3 Å². The van der Waals surface area contributed by atoms with Crippen molar-refractivity contribution in [3.8, 4) is 0 Å². The molecular formula is C22H23N5O4. The quantitative estimate of drug-likeness (QED) is 0.491. The number of aryl methyl sites for hydroxylation is 1. The van der Waals surface area contributed by atoms with Gasteiger partial charge in [-0.2, -0.15) is 0 Å². The first-order valence-electron chi connectivity index (χ1n) is 10.0. The Morgan fingerprint density at radius 3 is 2.58 bits per heavy atom. The Morgan fingerprint density at radius 2 is 1.90 bits per heavy atom. The molecule has 1 atom stereocenters. The highest BCUT2D eigenvalue weighted by molar-refractivity contribution is 5.77. The minimum Gasteiger partial charge on any atom is -0.467 e. The lowest BCUT2D eigenvalue weighted by atomic mass is 10.2. The summed E-state index contributed by atoms with van der Waals surface area (Å²) in [6, 6.07) is 12.5. The predicted octanol–water partition coefficient (Wildman–Crippen LogP) is 1.90. The standard InChI is InChI=1S/C22H23N5O4/c1-3-25-14-23-20-19(25)21(29)27(13-18(28)24-15(2)17-10-7-11-31-17)22(30)26(20)12-16-8-5-4-6-9-16/h4-11,14-15H,3,12-13H2,1-2H3,(H,24,28)/t15-/m1/s1. The molecule has 9 heteroatoms. The maximum Gasteiger partial charge on any atom is 0.333 e. The smallest absolute Gasteiger partial charge is 0.333 e. The molecule has 0 spiro atoms. The molecule has 0 aliphatic carbocycles. The fourth-order valence-corrected chi connectivity index (χ4v) is 3.57. The van der Waals surface area contributed by atoms with Crippen LogP contribution in [0, 0.1) is 0 Å². The van der Waals surface area contributed by atoms with E-state index in [1.807, 2.05) is 37.3 Å². The molecule has 3 heterocycles. The molecule has 0 unspecified atom stereocenters. The van der Waals surface area contributed by atoms with E-state index < -0.39 is 29.7 Å². The number of imidazole rings is 1. The van der Waals surface area contributed by atoms with Crippen LogP contribution < -0.4 is 16.6 Å². The summed E-state index contributed by atoms with van der Waals surface area (Å²) >= 11 is 0. The second-order valence-electron chi connectivity index (χ2n) is 7.25. The summed E-state index contributed by atoms with van der Waals surface area (Å²) in [4.78, 5) is 43.3. The van der Waals surface area contributed by atoms with Gasteiger partial charge in [0.05, 0.1) is 25.2 Å². The molecule has 0 saturated carbocycles. The summed E-state index contributed by atoms with van der Waals surface area (Å²) in [6.45, 7) is 4.00. The number of amides is 1. The summed E-state index contributed by atoms with van der Waals surface area (Å²) in [5.41, 5.74) is 0.372. The van der Waals surface area contributed by atoms with E-state index in [4.69, 9.17) is 4.42 Å². The molecule has 1 aromatic carbocycles. The number of nitrogens with one attached hydrogen (secondary N) is 1. The number of carbonyl (C=O) groups excluding carboxylic acids is 1. The van der Waals surface area contributed by atoms with Crippen molar-refractivity contribution in [2.45, 2.75) is 39.5 Å². The third-order valence-corrected chi connectivity index (χ3v) is 5.16. The van der Waals surface area contributed by atoms with E-state index in [0.717, 1.165) is 10.1 Å². The molecule has 1 amide bonds. The van der Waals surface area contributed by atoms with Crippen LogP contribution >= 0.6 is 0 Å². The second-order valence-corrected chi connectivity index (χ2v) is 7.25. The molecule has 0 saturated heterocycles. The third-order valence-electron chi connectivity index (χ3n) is 5.16. The van der Waals surface area contributed by atoms with E-state index in [9.17, 15) is 14.4 Å². The van der Waals surface area contributed by atoms with Crippen molar-refractivity contribution in [3.05, 3.63) is 87.2 Å². The zero-order valence-electron chi connectivity index (χ0n) is 17.3. The molecule has 3 aromatic heterocycles. The Morgan fingerprint density at radius 1 is 1.13 bits per heavy atom. The van der Waals surface area contributed by atoms with Crippen LogP contribution in [0.1, 0.15) is 31.2 Å². The van der Waals surface area contributed by atoms with E-state index in [0.29, 0.717) is 23.5 Å². The minimum absolute atomic E-state index is 0.238. The van der Waals surface area contributed by atoms with Gasteiger partial charge < -0.3 is 14.3 Å². The number of fused-ring (bicyclic) bond motifs is 1. The van der Waals surface area contributed by atoms with Crippen LogP contribution in [0.2, 0.25) is 0 Å². The summed E-state index contributed by atoms with van der Waals surface area (Å²) in [5.74, 6) is 0.123. The molecule has 160 valence electrons. The average Bonchev–Trinajstić information content (AvgIpc) is 3.45. The lowest BCUT2D eigenvalue weighted by Gasteiger charge is -2.14. The van der Waals surface area contributed by atoms with E-state index in [1.165, 1.54) is 17.2 Å². The molecule has 9 nitrogen and oxygen atoms in total. The fraction of sp³-hybridized carbons (Fsp3) is 0.273. The van der Waals surface area contributed by atoms with Gasteiger partial charge in [0.15, 0.2) is 11.2 Å². The summed E-state index contributed by atoms with van der Waals surface area (Å²) in [7, 11) is 0. The number of benzene rings is 1. The van der Waals surface area contributed by atoms with Crippen molar-refractivity contribution >= 4 is 17.1 Å². The van der Waals surface area contributed by atoms with Gasteiger partial charge in [0.1, 0.15) is 12.3 Å². The van der Waals surface area contributed by atoms with Gasteiger partial charge in [-0.3, -0.25) is 14.2 Å². The number of aromatic nitrogens is 4. The molecule has 4 aromatic rings. The molecular weight excluding hydrogens is 398 g/mol. The van der Waals surface area contributed by atoms with E-state index in [1.54, 1.807) is 23.6 Å². The van der Waals surface area contributed by atoms with Crippen molar-refractivity contribution in [2.75, 3.05) is 0 Å². The molecule has 0 aliphatic rings. The number of hydrogen-bond donors (Lipinski definition) is 1. The lowest BCUT2D eigenvalue weighted by Crippen LogP contribution is -2.44. The van der Waals surface area contributed by atoms with E-state index in [2.05, 4.69) is 10.3 Å². The Balaban J connectivity index is 1.75. The van der Waals surface area contributed by atoms with Crippen molar-refractivity contribution < 1.29 is 9.21 Å². The zero-order valence-corrected chi connectivity index (χ0v) is 17.3. The lowest BCUT2D eigenvalue weighted by molar-refractivity contribution is -0.122. The van der Waals surface area contributed by atoms with Crippen LogP contribution in [0.4, 0.5) is 0 Å². The van der Waals surface area contributed by atoms with Gasteiger partial charge in [-0.05, 0) is 31.5 Å². The number of hydrogen-bond acceptors (Lipinski definition) is 5. The Bertz CT molecular complexity index is 1320. The number of carbonyl (C=O) groups is 1. The van der Waals surface area contributed by atoms with Gasteiger partial charge in [-0.25, -0.2) is 14.3 Å². The normalized spacial score (nSPS) is 12.2. The summed E-state index contributed by atoms with van der Waals surface area (Å²) in [5, 5.41) is 2.76. The highest BCUT2D eigenvalue weighted by Crippen LogP contribution is 2.12. The van der Waals surface area contributed by atoms with Gasteiger partial charge in [-0.15, -0.1) is 0 Å². The fourth-order valence-electron chi connectivity index (χ4n) is 3.57. The molecule has 0 bridgehead atoms. The Hall–Kier alpha value is -3.88. The van der Waals surface area contributed by atoms with Crippen molar-refractivity contribution in [1.82, 2.24) is 24.0 Å². The SMILES string of the molecule is CCn1cnc2c1c(=O)n(CC(=O)N[C@H](C)c1ccco1)c(=O)n2Cc1ccccc1. The van der Waals surface area contributed by atoms with Gasteiger partial charge >= 0.3 is 5.69 Å². The second kappa shape index (κ2) is 8.47. The van der Waals surface area contributed by atoms with Crippen LogP contribution in [-0.2, 0) is 24.4 Å². The summed E-state index contributed by atoms with van der Waals surface area (Å²) < 4.78 is 9.37. The Kier molecular flexibility index (Phi) is 5.57. The number of nitrogens with zero attached hydrogens (tertiary/aromatic N) is 4. The van der Waals surface area contributed by atoms with Crippen LogP contribution in [0.5, 0.6) is 0 Å². The molecule has 4 rings (SSSR count). The van der Waals surface area contributed by atoms with Crippen LogP contribution in [-0.4, -0.2) is 24.6 Å². The molecule has 0 radical (unpaired) electrons. The van der Waals surface area contributed by atoms with Gasteiger partial charge in [0.2, 0.25) is 5.91 Å². The maximum absolute atomic E-state index is 13.2. The van der Waals surface area contributed by atoms with Crippen molar-refractivity contribution in [1.29, 1.82) is 0 Å². The van der Waals surface area contributed by atoms with Crippen LogP contribution in [0.15, 0.2) is 69.1 Å². The van der Waals surface area contributed by atoms with Crippen molar-refractivity contribution in [3.63, 3.8) is 0 Å². The molecule has 0 aliphatic heterocycles. The topological polar surface area (TPSA) is 104 Å². The minimum atomic E-state index is -0.580. The van der Waals surface area contributed by atoms with E-state index in [-0.39, 0.29) is 6.54 Å². The van der Waals surface area contributed by atoms with Gasteiger partial charge in [0, 0.05) is 6.54 Å². The largest absolute Gasteiger partial charge is 0.467 e. The summed E-state index contributed by atoms with van der Waals surface area (Å²) in [6.07, 6.45) is 3.06. The highest BCUT2D eigenvalue weighted by Gasteiger charge is 2.20. The van der Waals surface area contributed by atoms with Crippen molar-refractivity contribution in [2.24, 2.45) is 0 Å². The Labute approximate surface area is 177 Å². The number of furan rings is 1. The monoisotopic (exact) mass is 421 g/mol. The molecule has 1 N–H and O–H groups in total. The zero-order chi connectivity index (χ0) is 22.0. The first-order valence-corrected chi connectivity index (χ1v) is 10.0. The molecule has 0 fully saturated rings. The third kappa shape index (κ3) is 3.94. The average molecular weight is 421 g/mol. The maximum atomic E-state index is 13.2. The number of rotatable bonds is 7. The first-order chi connectivity index (χ1) is 15.0.